The van der Waals surface area contributed by atoms with Gasteiger partial charge in [0.15, 0.2) is 0 Å². The Labute approximate surface area is 98.7 Å². The highest BCUT2D eigenvalue weighted by Crippen LogP contribution is 2.05. The minimum Gasteiger partial charge on any atom is -0.497 e. The summed E-state index contributed by atoms with van der Waals surface area (Å²) in [6, 6.07) is 22.7. The number of para-hydroxylation sites is 1. The van der Waals surface area contributed by atoms with E-state index in [1.807, 2.05) is 68.4 Å². The summed E-state index contributed by atoms with van der Waals surface area (Å²) >= 11 is 0. The van der Waals surface area contributed by atoms with Gasteiger partial charge in [-0.2, -0.15) is 0 Å². The average Bonchev–Trinajstić information content (AvgIpc) is 2.44. The molecule has 0 spiro atoms. The minimum atomic E-state index is 0.910. The first-order chi connectivity index (χ1) is 7.93. The third-order valence-electron chi connectivity index (χ3n) is 1.53. The molecule has 2 aromatic rings. The second-order valence-corrected chi connectivity index (χ2v) is 2.52. The molecule has 0 fully saturated rings. The zero-order chi connectivity index (χ0) is 12.1. The Hall–Kier alpha value is -1.94. The van der Waals surface area contributed by atoms with Gasteiger partial charge in [-0.15, -0.1) is 0 Å². The molecule has 0 saturated heterocycles. The molecule has 0 saturated carbocycles. The summed E-state index contributed by atoms with van der Waals surface area (Å²) in [5, 5.41) is 0. The van der Waals surface area contributed by atoms with Crippen LogP contribution in [0.4, 0.5) is 0 Å². The Kier molecular flexibility index (Phi) is 9.79. The van der Waals surface area contributed by atoms with Crippen LogP contribution in [0.2, 0.25) is 0 Å². The topological polar surface area (TPSA) is 9.23 Å². The second-order valence-electron chi connectivity index (χ2n) is 2.52. The molecule has 2 aromatic carbocycles. The van der Waals surface area contributed by atoms with Gasteiger partial charge in [0.25, 0.3) is 0 Å². The molecule has 0 N–H and O–H groups in total. The first kappa shape index (κ1) is 14.1. The summed E-state index contributed by atoms with van der Waals surface area (Å²) < 4.78 is 4.91. The number of hydrogen-bond acceptors (Lipinski definition) is 1. The van der Waals surface area contributed by atoms with E-state index in [4.69, 9.17) is 4.74 Å². The van der Waals surface area contributed by atoms with E-state index in [2.05, 4.69) is 12.1 Å². The summed E-state index contributed by atoms with van der Waals surface area (Å²) in [6.45, 7) is 4.00. The van der Waals surface area contributed by atoms with E-state index >= 15 is 0 Å². The van der Waals surface area contributed by atoms with Crippen molar-refractivity contribution in [3.8, 4) is 5.75 Å². The van der Waals surface area contributed by atoms with Crippen molar-refractivity contribution in [1.82, 2.24) is 0 Å². The fraction of sp³-hybridized carbons (Fsp3) is 0.200. The van der Waals surface area contributed by atoms with Crippen LogP contribution in [0, 0.1) is 12.1 Å². The van der Waals surface area contributed by atoms with Gasteiger partial charge in [0, 0.05) is 0 Å². The monoisotopic (exact) mass is 214 g/mol. The number of hydrogen-bond donors (Lipinski definition) is 0. The Morgan fingerprint density at radius 1 is 0.812 bits per heavy atom. The highest BCUT2D eigenvalue weighted by molar-refractivity contribution is 5.20. The molecule has 0 aliphatic carbocycles. The number of benzene rings is 1. The predicted octanol–water partition coefficient (Wildman–Crippen LogP) is 4.01. The zero-order valence-electron chi connectivity index (χ0n) is 10.1. The molecule has 84 valence electrons. The van der Waals surface area contributed by atoms with Crippen LogP contribution in [0.15, 0.2) is 54.6 Å². The van der Waals surface area contributed by atoms with Gasteiger partial charge in [0.2, 0.25) is 0 Å². The van der Waals surface area contributed by atoms with Crippen LogP contribution < -0.4 is 4.74 Å². The highest BCUT2D eigenvalue weighted by Gasteiger charge is 1.80. The third kappa shape index (κ3) is 7.46. The molecule has 0 amide bonds. The molecule has 0 aromatic heterocycles. The molecule has 0 atom stereocenters. The van der Waals surface area contributed by atoms with Crippen LogP contribution in [0.25, 0.3) is 0 Å². The molecule has 0 heterocycles. The molecule has 0 aliphatic rings. The molecule has 0 bridgehead atoms. The zero-order valence-corrected chi connectivity index (χ0v) is 10.1. The van der Waals surface area contributed by atoms with Crippen molar-refractivity contribution in [2.75, 3.05) is 7.11 Å². The fourth-order valence-electron chi connectivity index (χ4n) is 0.860. The van der Waals surface area contributed by atoms with Crippen molar-refractivity contribution in [2.45, 2.75) is 13.8 Å². The van der Waals surface area contributed by atoms with Gasteiger partial charge >= 0.3 is 0 Å². The van der Waals surface area contributed by atoms with Gasteiger partial charge in [-0.25, -0.2) is 0 Å². The van der Waals surface area contributed by atoms with Gasteiger partial charge < -0.3 is 4.74 Å². The molecule has 16 heavy (non-hydrogen) atoms. The summed E-state index contributed by atoms with van der Waals surface area (Å²) in [5.74, 6) is 0.910. The average molecular weight is 214 g/mol. The van der Waals surface area contributed by atoms with Crippen molar-refractivity contribution in [2.24, 2.45) is 0 Å². The van der Waals surface area contributed by atoms with Crippen molar-refractivity contribution in [3.05, 3.63) is 66.7 Å². The molecule has 1 nitrogen and oxygen atoms in total. The first-order valence-corrected chi connectivity index (χ1v) is 5.35. The van der Waals surface area contributed by atoms with E-state index in [0.717, 1.165) is 5.75 Å². The second kappa shape index (κ2) is 11.1. The third-order valence-corrected chi connectivity index (χ3v) is 1.53. The van der Waals surface area contributed by atoms with Crippen LogP contribution in [0.3, 0.4) is 0 Å². The maximum absolute atomic E-state index is 4.91. The van der Waals surface area contributed by atoms with E-state index in [1.54, 1.807) is 7.11 Å². The van der Waals surface area contributed by atoms with E-state index in [-0.39, 0.29) is 0 Å². The van der Waals surface area contributed by atoms with Gasteiger partial charge in [0.05, 0.1) is 7.11 Å². The quantitative estimate of drug-likeness (QED) is 0.697. The SMILES string of the molecule is CC.COc1ccccc1.c1ccccc#1. The van der Waals surface area contributed by atoms with E-state index in [0.29, 0.717) is 0 Å². The Morgan fingerprint density at radius 2 is 1.31 bits per heavy atom. The predicted molar refractivity (Wildman–Crippen MR) is 68.5 cm³/mol. The Morgan fingerprint density at radius 3 is 1.56 bits per heavy atom. The standard InChI is InChI=1S/C7H8O.C6H4.C2H6/c1-8-7-5-3-2-4-6-7;1-2-4-6-5-3-1;1-2/h2-6H,1H3;1-4H;1-2H3. The van der Waals surface area contributed by atoms with Gasteiger partial charge in [-0.1, -0.05) is 56.3 Å². The summed E-state index contributed by atoms with van der Waals surface area (Å²) in [4.78, 5) is 0. The Balaban J connectivity index is 0.000000251. The van der Waals surface area contributed by atoms with Crippen LogP contribution in [0.1, 0.15) is 13.8 Å². The minimum absolute atomic E-state index is 0.910. The van der Waals surface area contributed by atoms with Crippen LogP contribution in [-0.4, -0.2) is 7.11 Å². The summed E-state index contributed by atoms with van der Waals surface area (Å²) in [5.41, 5.74) is 0. The maximum atomic E-state index is 4.91. The fourth-order valence-corrected chi connectivity index (χ4v) is 0.860. The lowest BCUT2D eigenvalue weighted by atomic mass is 10.3. The molecular weight excluding hydrogens is 196 g/mol. The van der Waals surface area contributed by atoms with Gasteiger partial charge in [-0.05, 0) is 24.3 Å². The lowest BCUT2D eigenvalue weighted by molar-refractivity contribution is 0.415. The van der Waals surface area contributed by atoms with E-state index < -0.39 is 0 Å². The molecule has 0 aliphatic heterocycles. The largest absolute Gasteiger partial charge is 0.497 e. The summed E-state index contributed by atoms with van der Waals surface area (Å²) in [6.07, 6.45) is 0. The van der Waals surface area contributed by atoms with Gasteiger partial charge in [0.1, 0.15) is 5.75 Å². The molecule has 0 radical (unpaired) electrons. The van der Waals surface area contributed by atoms with Crippen molar-refractivity contribution >= 4 is 0 Å². The lowest BCUT2D eigenvalue weighted by Gasteiger charge is -1.93. The lowest BCUT2D eigenvalue weighted by Crippen LogP contribution is -1.78. The maximum Gasteiger partial charge on any atom is 0.118 e. The smallest absolute Gasteiger partial charge is 0.118 e. The van der Waals surface area contributed by atoms with Crippen molar-refractivity contribution in [1.29, 1.82) is 0 Å². The first-order valence-electron chi connectivity index (χ1n) is 5.35. The number of methoxy groups -OCH3 is 1. The van der Waals surface area contributed by atoms with E-state index in [1.165, 1.54) is 0 Å². The molecule has 2 rings (SSSR count). The van der Waals surface area contributed by atoms with E-state index in [9.17, 15) is 0 Å². The van der Waals surface area contributed by atoms with Crippen molar-refractivity contribution in [3.63, 3.8) is 0 Å². The Bertz CT molecular complexity index is 289. The van der Waals surface area contributed by atoms with Crippen LogP contribution in [0.5, 0.6) is 5.75 Å². The van der Waals surface area contributed by atoms with Crippen LogP contribution >= 0.6 is 0 Å². The van der Waals surface area contributed by atoms with Crippen LogP contribution in [-0.2, 0) is 0 Å². The number of rotatable bonds is 1. The van der Waals surface area contributed by atoms with Crippen molar-refractivity contribution < 1.29 is 4.74 Å². The summed E-state index contributed by atoms with van der Waals surface area (Å²) in [7, 11) is 1.66. The molecular formula is C15H18O. The molecule has 0 unspecified atom stereocenters. The molecule has 1 heteroatoms. The highest BCUT2D eigenvalue weighted by atomic mass is 16.5. The van der Waals surface area contributed by atoms with Gasteiger partial charge in [-0.3, -0.25) is 0 Å². The number of ether oxygens (including phenoxy) is 1. The normalized spacial score (nSPS) is 7.19.